The Hall–Kier alpha value is -2.74. The maximum absolute atomic E-state index is 12.4. The van der Waals surface area contributed by atoms with Gasteiger partial charge in [-0.3, -0.25) is 9.35 Å². The first-order valence-corrected chi connectivity index (χ1v) is 19.5. The second kappa shape index (κ2) is 33.2. The fourth-order valence-electron chi connectivity index (χ4n) is 4.69. The van der Waals surface area contributed by atoms with Gasteiger partial charge in [-0.25, -0.2) is 0 Å². The summed E-state index contributed by atoms with van der Waals surface area (Å²) in [7, 11) is -4.36. The summed E-state index contributed by atoms with van der Waals surface area (Å²) in [5.41, 5.74) is 0. The molecular formula is C40H65NO5S. The molecule has 0 aromatic rings. The van der Waals surface area contributed by atoms with E-state index in [4.69, 9.17) is 0 Å². The topological polar surface area (TPSA) is 104 Å². The molecule has 0 spiro atoms. The Labute approximate surface area is 288 Å². The minimum atomic E-state index is -4.36. The maximum atomic E-state index is 12.4. The second-order valence-corrected chi connectivity index (χ2v) is 13.3. The molecule has 0 aliphatic heterocycles. The van der Waals surface area contributed by atoms with Gasteiger partial charge < -0.3 is 10.4 Å². The van der Waals surface area contributed by atoms with Gasteiger partial charge in [0.25, 0.3) is 10.1 Å². The molecule has 2 atom stereocenters. The van der Waals surface area contributed by atoms with Crippen molar-refractivity contribution in [2.24, 2.45) is 0 Å². The number of nitrogens with one attached hydrogen (secondary N) is 1. The van der Waals surface area contributed by atoms with E-state index in [9.17, 15) is 22.9 Å². The molecule has 0 aliphatic carbocycles. The molecule has 2 unspecified atom stereocenters. The standard InChI is InChI=1S/C40H65NO5S/c1-3-5-7-9-11-13-14-15-16-17-18-19-20-21-22-23-24-25-26-28-30-32-34-36-40(43)41-38(37-47(44,45)46)39(42)35-33-31-29-27-12-10-8-6-4-2/h4-7,11-13,15-16,18-19,21-22,27,33,35,38-39,42H,3,8-10,14,17,20,23-26,28-32,34,36-37H2,1-2H3,(H,41,43)(H,44,45,46)/b6-4+,7-5-,13-11-,16-15-,19-18-,22-21-,27-12+,35-33+. The van der Waals surface area contributed by atoms with E-state index in [1.54, 1.807) is 6.08 Å². The zero-order chi connectivity index (χ0) is 34.7. The molecule has 0 fully saturated rings. The summed E-state index contributed by atoms with van der Waals surface area (Å²) in [4.78, 5) is 12.4. The lowest BCUT2D eigenvalue weighted by molar-refractivity contribution is -0.122. The number of amides is 1. The van der Waals surface area contributed by atoms with E-state index in [0.29, 0.717) is 12.8 Å². The molecule has 1 amide bonds. The number of aliphatic hydroxyl groups excluding tert-OH is 1. The number of rotatable bonds is 30. The predicted octanol–water partition coefficient (Wildman–Crippen LogP) is 10.2. The molecule has 0 bridgehead atoms. The van der Waals surface area contributed by atoms with Gasteiger partial charge in [0, 0.05) is 6.42 Å². The second-order valence-electron chi connectivity index (χ2n) is 11.8. The zero-order valence-corrected chi connectivity index (χ0v) is 30.2. The van der Waals surface area contributed by atoms with Crippen molar-refractivity contribution in [3.8, 4) is 0 Å². The molecule has 47 heavy (non-hydrogen) atoms. The van der Waals surface area contributed by atoms with Gasteiger partial charge in [0.15, 0.2) is 0 Å². The third-order valence-electron chi connectivity index (χ3n) is 7.32. The molecule has 266 valence electrons. The van der Waals surface area contributed by atoms with E-state index in [1.165, 1.54) is 25.3 Å². The quantitative estimate of drug-likeness (QED) is 0.0401. The Kier molecular flexibility index (Phi) is 31.2. The molecule has 0 heterocycles. The first-order valence-electron chi connectivity index (χ1n) is 17.9. The molecule has 0 rings (SSSR count). The van der Waals surface area contributed by atoms with Crippen LogP contribution < -0.4 is 5.32 Å². The van der Waals surface area contributed by atoms with Crippen LogP contribution in [0.1, 0.15) is 129 Å². The van der Waals surface area contributed by atoms with Gasteiger partial charge in [-0.1, -0.05) is 136 Å². The summed E-state index contributed by atoms with van der Waals surface area (Å²) in [5.74, 6) is -1.04. The Balaban J connectivity index is 3.98. The SMILES string of the molecule is C/C=C/CC/C=C/CC/C=C/C(O)C(CS(=O)(=O)O)NC(=O)CCCCCCCCC/C=C\C/C=C\C/C=C\C/C=C\C/C=C\CC. The normalized spacial score (nSPS) is 14.6. The molecule has 0 saturated carbocycles. The molecule has 0 aromatic heterocycles. The lowest BCUT2D eigenvalue weighted by Crippen LogP contribution is -2.46. The highest BCUT2D eigenvalue weighted by Crippen LogP contribution is 2.11. The summed E-state index contributed by atoms with van der Waals surface area (Å²) < 4.78 is 32.2. The molecule has 6 nitrogen and oxygen atoms in total. The highest BCUT2D eigenvalue weighted by molar-refractivity contribution is 7.85. The number of unbranched alkanes of at least 4 members (excludes halogenated alkanes) is 9. The van der Waals surface area contributed by atoms with Gasteiger partial charge in [0.05, 0.1) is 17.9 Å². The first kappa shape index (κ1) is 44.3. The van der Waals surface area contributed by atoms with Crippen LogP contribution >= 0.6 is 0 Å². The molecule has 0 aliphatic rings. The lowest BCUT2D eigenvalue weighted by atomic mass is 10.1. The van der Waals surface area contributed by atoms with E-state index in [2.05, 4.69) is 91.2 Å². The molecule has 0 saturated heterocycles. The third-order valence-corrected chi connectivity index (χ3v) is 8.10. The van der Waals surface area contributed by atoms with Crippen molar-refractivity contribution in [2.75, 3.05) is 5.75 Å². The van der Waals surface area contributed by atoms with Crippen LogP contribution in [0.3, 0.4) is 0 Å². The van der Waals surface area contributed by atoms with Crippen LogP contribution in [-0.2, 0) is 14.9 Å². The van der Waals surface area contributed by atoms with Crippen LogP contribution in [0, 0.1) is 0 Å². The highest BCUT2D eigenvalue weighted by atomic mass is 32.2. The van der Waals surface area contributed by atoms with Crippen molar-refractivity contribution in [1.29, 1.82) is 0 Å². The third kappa shape index (κ3) is 34.4. The van der Waals surface area contributed by atoms with Gasteiger partial charge in [0.2, 0.25) is 5.91 Å². The molecule has 0 aromatic carbocycles. The molecule has 7 heteroatoms. The number of hydrogen-bond acceptors (Lipinski definition) is 4. The minimum Gasteiger partial charge on any atom is -0.387 e. The van der Waals surface area contributed by atoms with E-state index in [-0.39, 0.29) is 12.3 Å². The average molecular weight is 672 g/mol. The zero-order valence-electron chi connectivity index (χ0n) is 29.4. The van der Waals surface area contributed by atoms with Crippen LogP contribution in [0.15, 0.2) is 97.2 Å². The smallest absolute Gasteiger partial charge is 0.267 e. The first-order chi connectivity index (χ1) is 22.8. The summed E-state index contributed by atoms with van der Waals surface area (Å²) in [6, 6.07) is -1.09. The van der Waals surface area contributed by atoms with Crippen molar-refractivity contribution in [3.05, 3.63) is 97.2 Å². The number of carbonyl (C=O) groups excluding carboxylic acids is 1. The fourth-order valence-corrected chi connectivity index (χ4v) is 5.42. The van der Waals surface area contributed by atoms with Crippen LogP contribution in [0.4, 0.5) is 0 Å². The van der Waals surface area contributed by atoms with Crippen LogP contribution in [-0.4, -0.2) is 41.9 Å². The summed E-state index contributed by atoms with van der Waals surface area (Å²) >= 11 is 0. The summed E-state index contributed by atoms with van der Waals surface area (Å²) in [6.07, 6.45) is 49.9. The van der Waals surface area contributed by atoms with E-state index in [0.717, 1.165) is 77.0 Å². The van der Waals surface area contributed by atoms with Crippen molar-refractivity contribution >= 4 is 16.0 Å². The predicted molar refractivity (Wildman–Crippen MR) is 202 cm³/mol. The maximum Gasteiger partial charge on any atom is 0.267 e. The molecule has 0 radical (unpaired) electrons. The van der Waals surface area contributed by atoms with Crippen LogP contribution in [0.25, 0.3) is 0 Å². The fraction of sp³-hybridized carbons (Fsp3) is 0.575. The van der Waals surface area contributed by atoms with Crippen molar-refractivity contribution in [3.63, 3.8) is 0 Å². The van der Waals surface area contributed by atoms with Gasteiger partial charge >= 0.3 is 0 Å². The Morgan fingerprint density at radius 3 is 1.60 bits per heavy atom. The van der Waals surface area contributed by atoms with E-state index < -0.39 is 28.0 Å². The largest absolute Gasteiger partial charge is 0.387 e. The van der Waals surface area contributed by atoms with E-state index >= 15 is 0 Å². The van der Waals surface area contributed by atoms with Gasteiger partial charge in [-0.2, -0.15) is 8.42 Å². The van der Waals surface area contributed by atoms with Crippen molar-refractivity contribution in [1.82, 2.24) is 5.32 Å². The summed E-state index contributed by atoms with van der Waals surface area (Å²) in [5, 5.41) is 13.1. The lowest BCUT2D eigenvalue weighted by Gasteiger charge is -2.21. The minimum absolute atomic E-state index is 0.264. The van der Waals surface area contributed by atoms with Crippen molar-refractivity contribution in [2.45, 2.75) is 142 Å². The number of hydrogen-bond donors (Lipinski definition) is 3. The number of aliphatic hydroxyl groups is 1. The highest BCUT2D eigenvalue weighted by Gasteiger charge is 2.24. The van der Waals surface area contributed by atoms with Crippen LogP contribution in [0.2, 0.25) is 0 Å². The average Bonchev–Trinajstić information content (AvgIpc) is 3.03. The Morgan fingerprint density at radius 2 is 1.06 bits per heavy atom. The van der Waals surface area contributed by atoms with Gasteiger partial charge in [-0.15, -0.1) is 0 Å². The Bertz CT molecular complexity index is 1100. The van der Waals surface area contributed by atoms with Gasteiger partial charge in [-0.05, 0) is 84.0 Å². The molecular weight excluding hydrogens is 607 g/mol. The summed E-state index contributed by atoms with van der Waals surface area (Å²) in [6.45, 7) is 4.15. The Morgan fingerprint density at radius 1 is 0.617 bits per heavy atom. The van der Waals surface area contributed by atoms with Crippen LogP contribution in [0.5, 0.6) is 0 Å². The van der Waals surface area contributed by atoms with E-state index in [1.807, 2.05) is 13.0 Å². The number of allylic oxidation sites excluding steroid dienone is 15. The molecule has 3 N–H and O–H groups in total. The monoisotopic (exact) mass is 671 g/mol. The van der Waals surface area contributed by atoms with Gasteiger partial charge in [0.1, 0.15) is 0 Å². The number of carbonyl (C=O) groups is 1. The van der Waals surface area contributed by atoms with Crippen molar-refractivity contribution < 1.29 is 22.9 Å².